The van der Waals surface area contributed by atoms with Gasteiger partial charge in [0.25, 0.3) is 0 Å². The van der Waals surface area contributed by atoms with Crippen molar-refractivity contribution in [3.63, 3.8) is 0 Å². The minimum atomic E-state index is -3.86. The maximum atomic E-state index is 13.4. The zero-order valence-corrected chi connectivity index (χ0v) is 14.0. The summed E-state index contributed by atoms with van der Waals surface area (Å²) in [5.74, 6) is -1.12. The van der Waals surface area contributed by atoms with Gasteiger partial charge in [-0.15, -0.1) is 0 Å². The number of methoxy groups -OCH3 is 1. The highest BCUT2D eigenvalue weighted by Crippen LogP contribution is 2.26. The third-order valence-electron chi connectivity index (χ3n) is 4.03. The van der Waals surface area contributed by atoms with Crippen molar-refractivity contribution in [3.05, 3.63) is 29.6 Å². The van der Waals surface area contributed by atoms with Crippen LogP contribution in [-0.4, -0.2) is 52.5 Å². The molecular formula is C15H21FN2O4S. The van der Waals surface area contributed by atoms with Gasteiger partial charge in [-0.2, -0.15) is 4.31 Å². The highest BCUT2D eigenvalue weighted by molar-refractivity contribution is 7.89. The van der Waals surface area contributed by atoms with Gasteiger partial charge in [0, 0.05) is 13.1 Å². The number of hydrogen-bond acceptors (Lipinski definition) is 5. The SMILES string of the molecule is CNCC1CCN(S(=O)(=O)c2ccc(F)cc2C(=O)OC)CC1. The summed E-state index contributed by atoms with van der Waals surface area (Å²) in [4.78, 5) is 11.6. The molecule has 0 amide bonds. The number of carbonyl (C=O) groups excluding carboxylic acids is 1. The van der Waals surface area contributed by atoms with E-state index in [9.17, 15) is 17.6 Å². The number of esters is 1. The van der Waals surface area contributed by atoms with E-state index in [0.717, 1.165) is 44.7 Å². The van der Waals surface area contributed by atoms with E-state index in [1.807, 2.05) is 7.05 Å². The second-order valence-electron chi connectivity index (χ2n) is 5.54. The fourth-order valence-electron chi connectivity index (χ4n) is 2.78. The normalized spacial score (nSPS) is 17.2. The van der Waals surface area contributed by atoms with Gasteiger partial charge in [0.1, 0.15) is 5.82 Å². The molecular weight excluding hydrogens is 323 g/mol. The molecule has 6 nitrogen and oxygen atoms in total. The average molecular weight is 344 g/mol. The Morgan fingerprint density at radius 3 is 2.61 bits per heavy atom. The first-order valence-corrected chi connectivity index (χ1v) is 8.86. The van der Waals surface area contributed by atoms with Crippen LogP contribution in [0.3, 0.4) is 0 Å². The molecule has 128 valence electrons. The predicted molar refractivity (Wildman–Crippen MR) is 83.1 cm³/mol. The molecule has 0 radical (unpaired) electrons. The number of rotatable bonds is 5. The van der Waals surface area contributed by atoms with Crippen LogP contribution < -0.4 is 5.32 Å². The molecule has 1 fully saturated rings. The Morgan fingerprint density at radius 1 is 1.39 bits per heavy atom. The fourth-order valence-corrected chi connectivity index (χ4v) is 4.41. The van der Waals surface area contributed by atoms with Crippen molar-refractivity contribution < 1.29 is 22.3 Å². The molecule has 1 aromatic rings. The van der Waals surface area contributed by atoms with Crippen LogP contribution in [0.4, 0.5) is 4.39 Å². The van der Waals surface area contributed by atoms with Crippen LogP contribution in [-0.2, 0) is 14.8 Å². The molecule has 1 aromatic carbocycles. The highest BCUT2D eigenvalue weighted by Gasteiger charge is 2.32. The lowest BCUT2D eigenvalue weighted by molar-refractivity contribution is 0.0595. The van der Waals surface area contributed by atoms with Crippen molar-refractivity contribution in [2.75, 3.05) is 33.8 Å². The Labute approximate surface area is 135 Å². The van der Waals surface area contributed by atoms with E-state index >= 15 is 0 Å². The molecule has 0 atom stereocenters. The maximum Gasteiger partial charge on any atom is 0.339 e. The van der Waals surface area contributed by atoms with Gasteiger partial charge in [0.15, 0.2) is 0 Å². The van der Waals surface area contributed by atoms with E-state index in [4.69, 9.17) is 0 Å². The quantitative estimate of drug-likeness (QED) is 0.813. The predicted octanol–water partition coefficient (Wildman–Crippen LogP) is 1.23. The van der Waals surface area contributed by atoms with Gasteiger partial charge in [-0.05, 0) is 50.6 Å². The number of nitrogens with one attached hydrogen (secondary N) is 1. The van der Waals surface area contributed by atoms with E-state index in [2.05, 4.69) is 10.1 Å². The Bertz CT molecular complexity index is 670. The van der Waals surface area contributed by atoms with Crippen molar-refractivity contribution in [2.45, 2.75) is 17.7 Å². The van der Waals surface area contributed by atoms with Crippen LogP contribution in [0.15, 0.2) is 23.1 Å². The van der Waals surface area contributed by atoms with Crippen molar-refractivity contribution >= 4 is 16.0 Å². The van der Waals surface area contributed by atoms with Crippen LogP contribution in [0.2, 0.25) is 0 Å². The van der Waals surface area contributed by atoms with Gasteiger partial charge in [0.05, 0.1) is 17.6 Å². The van der Waals surface area contributed by atoms with Crippen LogP contribution in [0, 0.1) is 11.7 Å². The minimum Gasteiger partial charge on any atom is -0.465 e. The molecule has 1 heterocycles. The lowest BCUT2D eigenvalue weighted by Crippen LogP contribution is -2.40. The molecule has 0 aromatic heterocycles. The summed E-state index contributed by atoms with van der Waals surface area (Å²) in [6, 6.07) is 3.05. The number of nitrogens with zero attached hydrogens (tertiary/aromatic N) is 1. The number of carbonyl (C=O) groups is 1. The minimum absolute atomic E-state index is 0.210. The van der Waals surface area contributed by atoms with Crippen LogP contribution in [0.5, 0.6) is 0 Å². The average Bonchev–Trinajstić information content (AvgIpc) is 2.54. The molecule has 0 spiro atoms. The summed E-state index contributed by atoms with van der Waals surface area (Å²) < 4.78 is 44.9. The molecule has 1 saturated heterocycles. The smallest absolute Gasteiger partial charge is 0.339 e. The fraction of sp³-hybridized carbons (Fsp3) is 0.533. The highest BCUT2D eigenvalue weighted by atomic mass is 32.2. The first-order chi connectivity index (χ1) is 10.9. The molecule has 2 rings (SSSR count). The Kier molecular flexibility index (Phi) is 5.72. The Hall–Kier alpha value is -1.51. The molecule has 23 heavy (non-hydrogen) atoms. The summed E-state index contributed by atoms with van der Waals surface area (Å²) in [6.07, 6.45) is 1.49. The lowest BCUT2D eigenvalue weighted by Gasteiger charge is -2.31. The zero-order valence-electron chi connectivity index (χ0n) is 13.2. The molecule has 0 unspecified atom stereocenters. The zero-order chi connectivity index (χ0) is 17.0. The number of hydrogen-bond donors (Lipinski definition) is 1. The summed E-state index contributed by atoms with van der Waals surface area (Å²) in [7, 11) is -0.860. The Balaban J connectivity index is 2.29. The largest absolute Gasteiger partial charge is 0.465 e. The van der Waals surface area contributed by atoms with E-state index in [-0.39, 0.29) is 10.5 Å². The van der Waals surface area contributed by atoms with E-state index in [0.29, 0.717) is 19.0 Å². The molecule has 1 N–H and O–H groups in total. The summed E-state index contributed by atoms with van der Waals surface area (Å²) >= 11 is 0. The van der Waals surface area contributed by atoms with Gasteiger partial charge in [0.2, 0.25) is 10.0 Å². The molecule has 8 heteroatoms. The van der Waals surface area contributed by atoms with Crippen LogP contribution in [0.1, 0.15) is 23.2 Å². The maximum absolute atomic E-state index is 13.4. The third-order valence-corrected chi connectivity index (χ3v) is 5.99. The molecule has 1 aliphatic rings. The van der Waals surface area contributed by atoms with E-state index in [1.54, 1.807) is 0 Å². The molecule has 1 aliphatic heterocycles. The number of benzene rings is 1. The standard InChI is InChI=1S/C15H21FN2O4S/c1-17-10-11-5-7-18(8-6-11)23(20,21)14-4-3-12(16)9-13(14)15(19)22-2/h3-4,9,11,17H,5-8,10H2,1-2H3. The van der Waals surface area contributed by atoms with Crippen LogP contribution >= 0.6 is 0 Å². The summed E-state index contributed by atoms with van der Waals surface area (Å²) in [5.41, 5.74) is -0.273. The Morgan fingerprint density at radius 2 is 2.04 bits per heavy atom. The molecule has 0 saturated carbocycles. The number of sulfonamides is 1. The van der Waals surface area contributed by atoms with Gasteiger partial charge < -0.3 is 10.1 Å². The third kappa shape index (κ3) is 3.88. The number of halogens is 1. The summed E-state index contributed by atoms with van der Waals surface area (Å²) in [6.45, 7) is 1.61. The summed E-state index contributed by atoms with van der Waals surface area (Å²) in [5, 5.41) is 3.09. The number of piperidine rings is 1. The topological polar surface area (TPSA) is 75.7 Å². The second kappa shape index (κ2) is 7.37. The second-order valence-corrected chi connectivity index (χ2v) is 7.44. The van der Waals surface area contributed by atoms with E-state index < -0.39 is 21.8 Å². The number of ether oxygens (including phenoxy) is 1. The monoisotopic (exact) mass is 344 g/mol. The first-order valence-electron chi connectivity index (χ1n) is 7.42. The van der Waals surface area contributed by atoms with Crippen molar-refractivity contribution in [1.29, 1.82) is 0 Å². The van der Waals surface area contributed by atoms with Crippen molar-refractivity contribution in [2.24, 2.45) is 5.92 Å². The molecule has 0 aliphatic carbocycles. The van der Waals surface area contributed by atoms with E-state index in [1.165, 1.54) is 4.31 Å². The van der Waals surface area contributed by atoms with Gasteiger partial charge >= 0.3 is 5.97 Å². The van der Waals surface area contributed by atoms with Crippen molar-refractivity contribution in [3.8, 4) is 0 Å². The van der Waals surface area contributed by atoms with Crippen LogP contribution in [0.25, 0.3) is 0 Å². The van der Waals surface area contributed by atoms with Gasteiger partial charge in [-0.3, -0.25) is 0 Å². The lowest BCUT2D eigenvalue weighted by atomic mass is 9.98. The van der Waals surface area contributed by atoms with Crippen molar-refractivity contribution in [1.82, 2.24) is 9.62 Å². The van der Waals surface area contributed by atoms with Gasteiger partial charge in [-0.25, -0.2) is 17.6 Å². The first kappa shape index (κ1) is 17.8. The van der Waals surface area contributed by atoms with Gasteiger partial charge in [-0.1, -0.05) is 0 Å². The molecule has 0 bridgehead atoms.